The molecule has 174 valence electrons. The minimum Gasteiger partial charge on any atom is -0.452 e. The van der Waals surface area contributed by atoms with Gasteiger partial charge in [-0.15, -0.1) is 0 Å². The predicted molar refractivity (Wildman–Crippen MR) is 110 cm³/mol. The van der Waals surface area contributed by atoms with Crippen LogP contribution in [0.5, 0.6) is 0 Å². The number of esters is 1. The molecular formula is C20H17F2N3O7S. The maximum absolute atomic E-state index is 12.5. The zero-order chi connectivity index (χ0) is 24.2. The molecule has 0 aromatic heterocycles. The van der Waals surface area contributed by atoms with E-state index in [1.807, 2.05) is 0 Å². The first-order valence-electron chi connectivity index (χ1n) is 9.39. The van der Waals surface area contributed by atoms with Crippen molar-refractivity contribution in [3.8, 4) is 0 Å². The van der Waals surface area contributed by atoms with E-state index < -0.39 is 39.0 Å². The quantitative estimate of drug-likeness (QED) is 0.573. The molecule has 0 unspecified atom stereocenters. The summed E-state index contributed by atoms with van der Waals surface area (Å²) in [6.07, 6.45) is 0.163. The second-order valence-corrected chi connectivity index (χ2v) is 8.68. The van der Waals surface area contributed by atoms with Gasteiger partial charge in [-0.05, 0) is 48.5 Å². The molecule has 3 rings (SSSR count). The third kappa shape index (κ3) is 5.68. The third-order valence-electron chi connectivity index (χ3n) is 4.45. The number of hydrogen-bond acceptors (Lipinski definition) is 7. The number of carbonyl (C=O) groups is 4. The number of hydrogen-bond donors (Lipinski definition) is 2. The summed E-state index contributed by atoms with van der Waals surface area (Å²) >= 11 is 0. The highest BCUT2D eigenvalue weighted by molar-refractivity contribution is 7.91. The fourth-order valence-electron chi connectivity index (χ4n) is 2.77. The number of benzene rings is 2. The molecule has 33 heavy (non-hydrogen) atoms. The minimum absolute atomic E-state index is 0.0650. The van der Waals surface area contributed by atoms with Crippen LogP contribution < -0.4 is 15.8 Å². The van der Waals surface area contributed by atoms with Gasteiger partial charge in [-0.2, -0.15) is 8.78 Å². The van der Waals surface area contributed by atoms with Crippen LogP contribution in [0, 0.1) is 0 Å². The van der Waals surface area contributed by atoms with Crippen LogP contribution in [0.4, 0.5) is 20.2 Å². The van der Waals surface area contributed by atoms with E-state index in [2.05, 4.69) is 10.7 Å². The first-order chi connectivity index (χ1) is 15.6. The van der Waals surface area contributed by atoms with Crippen LogP contribution in [0.2, 0.25) is 0 Å². The molecular weight excluding hydrogens is 464 g/mol. The molecule has 1 aliphatic heterocycles. The number of ether oxygens (including phenoxy) is 1. The molecule has 1 aliphatic rings. The van der Waals surface area contributed by atoms with E-state index in [0.717, 1.165) is 29.3 Å². The van der Waals surface area contributed by atoms with E-state index >= 15 is 0 Å². The number of rotatable bonds is 7. The van der Waals surface area contributed by atoms with Gasteiger partial charge in [0.05, 0.1) is 16.1 Å². The Morgan fingerprint density at radius 2 is 1.67 bits per heavy atom. The molecule has 2 aromatic rings. The zero-order valence-corrected chi connectivity index (χ0v) is 17.6. The average molecular weight is 481 g/mol. The summed E-state index contributed by atoms with van der Waals surface area (Å²) in [5.74, 6) is -5.75. The molecule has 1 heterocycles. The van der Waals surface area contributed by atoms with E-state index in [-0.39, 0.29) is 35.9 Å². The number of sulfone groups is 1. The number of anilines is 2. The van der Waals surface area contributed by atoms with Gasteiger partial charge in [-0.25, -0.2) is 18.2 Å². The van der Waals surface area contributed by atoms with E-state index in [1.165, 1.54) is 24.3 Å². The predicted octanol–water partition coefficient (Wildman–Crippen LogP) is 1.64. The van der Waals surface area contributed by atoms with Gasteiger partial charge in [0.25, 0.3) is 5.91 Å². The van der Waals surface area contributed by atoms with Crippen LogP contribution in [-0.4, -0.2) is 44.5 Å². The van der Waals surface area contributed by atoms with Gasteiger partial charge in [0.2, 0.25) is 21.7 Å². The molecule has 10 nitrogen and oxygen atoms in total. The van der Waals surface area contributed by atoms with Crippen LogP contribution in [0.3, 0.4) is 0 Å². The Morgan fingerprint density at radius 1 is 1.03 bits per heavy atom. The van der Waals surface area contributed by atoms with Crippen LogP contribution in [0.1, 0.15) is 23.2 Å². The van der Waals surface area contributed by atoms with Gasteiger partial charge in [0.15, 0.2) is 6.61 Å². The van der Waals surface area contributed by atoms with Crippen molar-refractivity contribution >= 4 is 44.9 Å². The monoisotopic (exact) mass is 481 g/mol. The summed E-state index contributed by atoms with van der Waals surface area (Å²) in [6, 6.07) is 9.63. The number of alkyl halides is 2. The summed E-state index contributed by atoms with van der Waals surface area (Å²) in [5, 5.41) is 3.41. The number of hydrazine groups is 1. The lowest BCUT2D eigenvalue weighted by atomic mass is 10.2. The van der Waals surface area contributed by atoms with Gasteiger partial charge in [0.1, 0.15) is 0 Å². The van der Waals surface area contributed by atoms with Crippen molar-refractivity contribution in [2.24, 2.45) is 0 Å². The minimum atomic E-state index is -4.75. The highest BCUT2D eigenvalue weighted by Gasteiger charge is 2.26. The molecule has 0 radical (unpaired) electrons. The lowest BCUT2D eigenvalue weighted by Crippen LogP contribution is -2.50. The van der Waals surface area contributed by atoms with Gasteiger partial charge in [0, 0.05) is 18.5 Å². The first-order valence-corrected chi connectivity index (χ1v) is 10.9. The molecule has 2 aromatic carbocycles. The Kier molecular flexibility index (Phi) is 7.01. The van der Waals surface area contributed by atoms with Gasteiger partial charge in [-0.1, -0.05) is 0 Å². The number of carbonyl (C=O) groups excluding carboxylic acids is 4. The largest absolute Gasteiger partial charge is 0.452 e. The summed E-state index contributed by atoms with van der Waals surface area (Å²) in [4.78, 5) is 46.8. The molecule has 13 heteroatoms. The van der Waals surface area contributed by atoms with Crippen LogP contribution >= 0.6 is 0 Å². The van der Waals surface area contributed by atoms with Crippen molar-refractivity contribution in [1.82, 2.24) is 5.43 Å². The maximum Gasteiger partial charge on any atom is 0.341 e. The van der Waals surface area contributed by atoms with Gasteiger partial charge >= 0.3 is 11.7 Å². The topological polar surface area (TPSA) is 139 Å². The zero-order valence-electron chi connectivity index (χ0n) is 16.8. The van der Waals surface area contributed by atoms with E-state index in [1.54, 1.807) is 0 Å². The third-order valence-corrected chi connectivity index (χ3v) is 5.85. The normalized spacial score (nSPS) is 14.1. The molecule has 0 aliphatic carbocycles. The smallest absolute Gasteiger partial charge is 0.341 e. The standard InChI is InChI=1S/C20H17F2N3O7S/c21-20(22)33(30,31)15-7-3-13(4-8-15)23-17(27)11-32-19(29)12-1-5-14(6-2-12)25-18(28)10-9-16(26)24-25/h1-8,20H,9-11H2,(H,23,27)(H,24,26). The van der Waals surface area contributed by atoms with E-state index in [0.29, 0.717) is 5.69 Å². The van der Waals surface area contributed by atoms with E-state index in [4.69, 9.17) is 4.74 Å². The Hall–Kier alpha value is -3.87. The second kappa shape index (κ2) is 9.73. The number of nitrogens with zero attached hydrogens (tertiary/aromatic N) is 1. The molecule has 0 bridgehead atoms. The highest BCUT2D eigenvalue weighted by Crippen LogP contribution is 2.21. The summed E-state index contributed by atoms with van der Waals surface area (Å²) in [6.45, 7) is -0.668. The average Bonchev–Trinajstić information content (AvgIpc) is 2.79. The molecule has 0 saturated carbocycles. The molecule has 1 saturated heterocycles. The number of halogens is 2. The van der Waals surface area contributed by atoms with Crippen molar-refractivity contribution in [2.45, 2.75) is 23.5 Å². The number of amides is 3. The molecule has 2 N–H and O–H groups in total. The summed E-state index contributed by atoms with van der Waals surface area (Å²) in [5.41, 5.74) is 2.96. The summed E-state index contributed by atoms with van der Waals surface area (Å²) in [7, 11) is -4.75. The lowest BCUT2D eigenvalue weighted by molar-refractivity contribution is -0.130. The lowest BCUT2D eigenvalue weighted by Gasteiger charge is -2.27. The van der Waals surface area contributed by atoms with Crippen LogP contribution in [0.15, 0.2) is 53.4 Å². The second-order valence-electron chi connectivity index (χ2n) is 6.77. The van der Waals surface area contributed by atoms with Crippen molar-refractivity contribution < 1.29 is 41.1 Å². The SMILES string of the molecule is O=C(COC(=O)c1ccc(N2NC(=O)CCC2=O)cc1)Nc1ccc(S(=O)(=O)C(F)F)cc1. The van der Waals surface area contributed by atoms with Gasteiger partial charge < -0.3 is 10.1 Å². The molecule has 3 amide bonds. The summed E-state index contributed by atoms with van der Waals surface area (Å²) < 4.78 is 52.7. The number of nitrogens with one attached hydrogen (secondary N) is 2. The fraction of sp³-hybridized carbons (Fsp3) is 0.200. The van der Waals surface area contributed by atoms with Gasteiger partial charge in [-0.3, -0.25) is 19.8 Å². The van der Waals surface area contributed by atoms with E-state index in [9.17, 15) is 36.4 Å². The van der Waals surface area contributed by atoms with Crippen molar-refractivity contribution in [3.05, 3.63) is 54.1 Å². The van der Waals surface area contributed by atoms with Crippen molar-refractivity contribution in [1.29, 1.82) is 0 Å². The Morgan fingerprint density at radius 3 is 2.27 bits per heavy atom. The van der Waals surface area contributed by atoms with Crippen molar-refractivity contribution in [2.75, 3.05) is 16.9 Å². The first kappa shape index (κ1) is 23.8. The van der Waals surface area contributed by atoms with Crippen LogP contribution in [0.25, 0.3) is 0 Å². The highest BCUT2D eigenvalue weighted by atomic mass is 32.2. The Labute approximate surface area is 186 Å². The Bertz CT molecular complexity index is 1180. The fourth-order valence-corrected chi connectivity index (χ4v) is 3.49. The molecule has 1 fully saturated rings. The van der Waals surface area contributed by atoms with Crippen molar-refractivity contribution in [3.63, 3.8) is 0 Å². The maximum atomic E-state index is 12.5. The van der Waals surface area contributed by atoms with Crippen LogP contribution in [-0.2, 0) is 29.0 Å². The molecule has 0 atom stereocenters. The molecule has 0 spiro atoms. The Balaban J connectivity index is 1.53.